The first kappa shape index (κ1) is 26.7. The van der Waals surface area contributed by atoms with E-state index in [2.05, 4.69) is 15.6 Å². The Morgan fingerprint density at radius 2 is 1.45 bits per heavy atom. The van der Waals surface area contributed by atoms with Gasteiger partial charge in [0.1, 0.15) is 0 Å². The van der Waals surface area contributed by atoms with Crippen LogP contribution in [0.4, 0.5) is 26.3 Å². The Hall–Kier alpha value is -2.59. The number of carbonyl (C=O) groups is 2. The van der Waals surface area contributed by atoms with E-state index in [4.69, 9.17) is 0 Å². The summed E-state index contributed by atoms with van der Waals surface area (Å²) in [4.78, 5) is 28.4. The van der Waals surface area contributed by atoms with E-state index in [-0.39, 0.29) is 36.0 Å². The lowest BCUT2D eigenvalue weighted by Crippen LogP contribution is -2.41. The number of hydrogen-bond acceptors (Lipinski definition) is 3. The van der Waals surface area contributed by atoms with E-state index in [9.17, 15) is 35.9 Å². The zero-order valence-electron chi connectivity index (χ0n) is 18.5. The third kappa shape index (κ3) is 8.70. The molecule has 11 heteroatoms. The van der Waals surface area contributed by atoms with Gasteiger partial charge in [-0.1, -0.05) is 0 Å². The Bertz CT molecular complexity index is 847. The summed E-state index contributed by atoms with van der Waals surface area (Å²) in [5, 5.41) is 5.21. The predicted molar refractivity (Wildman–Crippen MR) is 111 cm³/mol. The van der Waals surface area contributed by atoms with Crippen molar-refractivity contribution in [1.29, 1.82) is 0 Å². The van der Waals surface area contributed by atoms with Crippen molar-refractivity contribution in [2.75, 3.05) is 6.54 Å². The van der Waals surface area contributed by atoms with Gasteiger partial charge in [-0.25, -0.2) is 0 Å². The van der Waals surface area contributed by atoms with Crippen molar-refractivity contribution in [2.24, 2.45) is 10.9 Å². The van der Waals surface area contributed by atoms with Gasteiger partial charge in [0.05, 0.1) is 23.4 Å². The van der Waals surface area contributed by atoms with E-state index in [0.717, 1.165) is 0 Å². The minimum absolute atomic E-state index is 0.0108. The van der Waals surface area contributed by atoms with E-state index in [1.807, 2.05) is 20.8 Å². The molecule has 2 N–H and O–H groups in total. The molecule has 1 aromatic carbocycles. The molecule has 0 radical (unpaired) electrons. The van der Waals surface area contributed by atoms with Crippen molar-refractivity contribution in [3.05, 3.63) is 34.9 Å². The molecule has 0 spiro atoms. The summed E-state index contributed by atoms with van der Waals surface area (Å²) in [5.74, 6) is -1.28. The first-order chi connectivity index (χ1) is 15.0. The van der Waals surface area contributed by atoms with Gasteiger partial charge in [0, 0.05) is 17.6 Å². The standard InChI is InChI=1S/C22H27F6N3O2/c1-20(2,3)31-18(32)12-29-17-6-4-13(5-7-17)11-30-19(33)14-8-15(21(23,24)25)10-16(9-14)22(26,27)28/h8-10,12-13,17H,4-7,11H2,1-3H3,(H,30,33)(H,31,32). The molecule has 2 amide bonds. The van der Waals surface area contributed by atoms with Crippen molar-refractivity contribution in [1.82, 2.24) is 10.6 Å². The average Bonchev–Trinajstić information content (AvgIpc) is 2.68. The van der Waals surface area contributed by atoms with E-state index in [1.165, 1.54) is 6.21 Å². The molecule has 184 valence electrons. The van der Waals surface area contributed by atoms with Gasteiger partial charge in [-0.05, 0) is 70.6 Å². The Kier molecular flexibility index (Phi) is 8.18. The number of amides is 2. The van der Waals surface area contributed by atoms with Crippen molar-refractivity contribution in [3.63, 3.8) is 0 Å². The van der Waals surface area contributed by atoms with Crippen molar-refractivity contribution >= 4 is 18.0 Å². The van der Waals surface area contributed by atoms with Crippen LogP contribution in [-0.4, -0.2) is 36.2 Å². The van der Waals surface area contributed by atoms with Crippen LogP contribution in [0.1, 0.15) is 67.9 Å². The molecule has 33 heavy (non-hydrogen) atoms. The Balaban J connectivity index is 1.93. The third-order valence-corrected chi connectivity index (χ3v) is 5.12. The summed E-state index contributed by atoms with van der Waals surface area (Å²) in [6, 6.07) is 0.762. The number of halogens is 6. The van der Waals surface area contributed by atoms with Crippen LogP contribution in [0.15, 0.2) is 23.2 Å². The van der Waals surface area contributed by atoms with Crippen LogP contribution in [0.5, 0.6) is 0 Å². The zero-order valence-corrected chi connectivity index (χ0v) is 18.5. The zero-order chi connectivity index (χ0) is 25.0. The minimum Gasteiger partial charge on any atom is -0.352 e. The molecule has 5 nitrogen and oxygen atoms in total. The van der Waals surface area contributed by atoms with Gasteiger partial charge in [-0.3, -0.25) is 14.6 Å². The van der Waals surface area contributed by atoms with Gasteiger partial charge in [0.25, 0.3) is 11.8 Å². The second kappa shape index (κ2) is 10.1. The first-order valence-corrected chi connectivity index (χ1v) is 10.5. The molecule has 1 aliphatic carbocycles. The Morgan fingerprint density at radius 3 is 1.91 bits per heavy atom. The lowest BCUT2D eigenvalue weighted by Gasteiger charge is -2.26. The molecule has 0 aliphatic heterocycles. The van der Waals surface area contributed by atoms with Crippen LogP contribution in [0, 0.1) is 5.92 Å². The van der Waals surface area contributed by atoms with Crippen LogP contribution < -0.4 is 10.6 Å². The summed E-state index contributed by atoms with van der Waals surface area (Å²) < 4.78 is 77.8. The fraction of sp³-hybridized carbons (Fsp3) is 0.591. The second-order valence-corrected chi connectivity index (χ2v) is 9.20. The number of carbonyl (C=O) groups excluding carboxylic acids is 2. The number of nitrogens with one attached hydrogen (secondary N) is 2. The maximum atomic E-state index is 13.0. The summed E-state index contributed by atoms with van der Waals surface area (Å²) in [7, 11) is 0. The largest absolute Gasteiger partial charge is 0.416 e. The molecule has 0 unspecified atom stereocenters. The maximum Gasteiger partial charge on any atom is 0.416 e. The molecule has 0 bridgehead atoms. The molecule has 1 saturated carbocycles. The predicted octanol–water partition coefficient (Wildman–Crippen LogP) is 5.00. The SMILES string of the molecule is CC(C)(C)NC(=O)C=NC1CCC(CNC(=O)c2cc(C(F)(F)F)cc(C(F)(F)F)c2)CC1. The van der Waals surface area contributed by atoms with Crippen LogP contribution in [0.3, 0.4) is 0 Å². The van der Waals surface area contributed by atoms with Gasteiger partial charge >= 0.3 is 12.4 Å². The van der Waals surface area contributed by atoms with E-state index < -0.39 is 35.0 Å². The van der Waals surface area contributed by atoms with Gasteiger partial charge in [0.15, 0.2) is 0 Å². The monoisotopic (exact) mass is 479 g/mol. The number of hydrogen-bond donors (Lipinski definition) is 2. The highest BCUT2D eigenvalue weighted by Gasteiger charge is 2.37. The van der Waals surface area contributed by atoms with Crippen LogP contribution >= 0.6 is 0 Å². The number of rotatable bonds is 5. The topological polar surface area (TPSA) is 70.6 Å². The molecule has 1 aliphatic rings. The smallest absolute Gasteiger partial charge is 0.352 e. The lowest BCUT2D eigenvalue weighted by molar-refractivity contribution is -0.143. The maximum absolute atomic E-state index is 13.0. The Morgan fingerprint density at radius 1 is 0.939 bits per heavy atom. The summed E-state index contributed by atoms with van der Waals surface area (Å²) >= 11 is 0. The molecule has 0 aromatic heterocycles. The highest BCUT2D eigenvalue weighted by atomic mass is 19.4. The lowest BCUT2D eigenvalue weighted by atomic mass is 9.86. The first-order valence-electron chi connectivity index (χ1n) is 10.5. The third-order valence-electron chi connectivity index (χ3n) is 5.12. The number of nitrogens with zero attached hydrogens (tertiary/aromatic N) is 1. The highest BCUT2D eigenvalue weighted by molar-refractivity contribution is 6.26. The molecule has 0 heterocycles. The molecular formula is C22H27F6N3O2. The van der Waals surface area contributed by atoms with Crippen LogP contribution in [0.2, 0.25) is 0 Å². The van der Waals surface area contributed by atoms with Gasteiger partial charge in [0.2, 0.25) is 0 Å². The van der Waals surface area contributed by atoms with Crippen LogP contribution in [-0.2, 0) is 17.1 Å². The van der Waals surface area contributed by atoms with E-state index >= 15 is 0 Å². The Labute approximate surface area is 188 Å². The number of benzene rings is 1. The van der Waals surface area contributed by atoms with E-state index in [1.54, 1.807) is 0 Å². The second-order valence-electron chi connectivity index (χ2n) is 9.20. The van der Waals surface area contributed by atoms with Crippen molar-refractivity contribution in [2.45, 2.75) is 70.4 Å². The van der Waals surface area contributed by atoms with Gasteiger partial charge < -0.3 is 10.6 Å². The molecule has 1 fully saturated rings. The fourth-order valence-electron chi connectivity index (χ4n) is 3.50. The highest BCUT2D eigenvalue weighted by Crippen LogP contribution is 2.36. The molecule has 0 saturated heterocycles. The summed E-state index contributed by atoms with van der Waals surface area (Å²) in [5.41, 5.74) is -4.13. The summed E-state index contributed by atoms with van der Waals surface area (Å²) in [6.07, 6.45) is -6.16. The van der Waals surface area contributed by atoms with Crippen molar-refractivity contribution in [3.8, 4) is 0 Å². The van der Waals surface area contributed by atoms with E-state index in [0.29, 0.717) is 37.8 Å². The minimum atomic E-state index is -5.01. The average molecular weight is 479 g/mol. The van der Waals surface area contributed by atoms with Gasteiger partial charge in [-0.2, -0.15) is 26.3 Å². The van der Waals surface area contributed by atoms with Crippen LogP contribution in [0.25, 0.3) is 0 Å². The molecule has 0 atom stereocenters. The normalized spacial score (nSPS) is 20.0. The fourth-order valence-corrected chi connectivity index (χ4v) is 3.50. The summed E-state index contributed by atoms with van der Waals surface area (Å²) in [6.45, 7) is 5.67. The molecule has 1 aromatic rings. The quantitative estimate of drug-likeness (QED) is 0.461. The molecule has 2 rings (SSSR count). The number of aliphatic imine (C=N–C) groups is 1. The van der Waals surface area contributed by atoms with Gasteiger partial charge in [-0.15, -0.1) is 0 Å². The van der Waals surface area contributed by atoms with Crippen molar-refractivity contribution < 1.29 is 35.9 Å². The molecular weight excluding hydrogens is 452 g/mol. The number of alkyl halides is 6.